The van der Waals surface area contributed by atoms with Crippen molar-refractivity contribution in [2.24, 2.45) is 0 Å². The molecule has 2 aromatic heterocycles. The zero-order valence-electron chi connectivity index (χ0n) is 10.0. The van der Waals surface area contributed by atoms with Gasteiger partial charge in [0.05, 0.1) is 17.7 Å². The number of aryl methyl sites for hydroxylation is 1. The predicted octanol–water partition coefficient (Wildman–Crippen LogP) is 0.0576. The van der Waals surface area contributed by atoms with E-state index in [-0.39, 0.29) is 12.2 Å². The minimum absolute atomic E-state index is 0.0856. The monoisotopic (exact) mass is 281 g/mol. The number of hydrogen-bond donors (Lipinski definition) is 2. The number of rotatable bonds is 5. The van der Waals surface area contributed by atoms with E-state index in [1.54, 1.807) is 6.20 Å². The van der Waals surface area contributed by atoms with Crippen LogP contribution < -0.4 is 5.32 Å². The van der Waals surface area contributed by atoms with Gasteiger partial charge in [-0.3, -0.25) is 9.59 Å². The summed E-state index contributed by atoms with van der Waals surface area (Å²) in [5.74, 6) is -1.44. The van der Waals surface area contributed by atoms with E-state index in [2.05, 4.69) is 20.6 Å². The van der Waals surface area contributed by atoms with Gasteiger partial charge in [-0.2, -0.15) is 0 Å². The second-order valence-electron chi connectivity index (χ2n) is 3.72. The fourth-order valence-electron chi connectivity index (χ4n) is 1.36. The molecule has 0 aliphatic heterocycles. The quantitative estimate of drug-likeness (QED) is 0.801. The summed E-state index contributed by atoms with van der Waals surface area (Å²) in [5.41, 5.74) is 0.0856. The van der Waals surface area contributed by atoms with Crippen molar-refractivity contribution < 1.29 is 14.7 Å². The number of nitrogens with one attached hydrogen (secondary N) is 1. The highest BCUT2D eigenvalue weighted by Crippen LogP contribution is 2.10. The molecule has 2 aromatic rings. The first-order valence-corrected chi connectivity index (χ1v) is 6.17. The molecule has 0 aliphatic rings. The fourth-order valence-corrected chi connectivity index (χ4v) is 2.10. The molecule has 0 saturated heterocycles. The number of nitrogens with zero attached hydrogens (tertiary/aromatic N) is 4. The topological polar surface area (TPSA) is 110 Å². The average Bonchev–Trinajstić information content (AvgIpc) is 2.95. The third kappa shape index (κ3) is 3.58. The first kappa shape index (κ1) is 13.1. The molecule has 2 heterocycles. The second-order valence-corrected chi connectivity index (χ2v) is 5.04. The Bertz CT molecular complexity index is 606. The lowest BCUT2D eigenvalue weighted by Gasteiger charge is -1.99. The molecular formula is C10H11N5O3S. The first-order valence-electron chi connectivity index (χ1n) is 5.36. The van der Waals surface area contributed by atoms with Gasteiger partial charge < -0.3 is 10.4 Å². The molecular weight excluding hydrogens is 270 g/mol. The summed E-state index contributed by atoms with van der Waals surface area (Å²) in [6.07, 6.45) is 2.99. The summed E-state index contributed by atoms with van der Waals surface area (Å²) >= 11 is 1.49. The van der Waals surface area contributed by atoms with E-state index in [1.807, 2.05) is 6.92 Å². The van der Waals surface area contributed by atoms with Gasteiger partial charge in [0.1, 0.15) is 6.54 Å². The molecule has 2 N–H and O–H groups in total. The van der Waals surface area contributed by atoms with E-state index in [0.29, 0.717) is 6.54 Å². The van der Waals surface area contributed by atoms with Crippen LogP contribution in [0, 0.1) is 6.92 Å². The summed E-state index contributed by atoms with van der Waals surface area (Å²) in [5, 5.41) is 19.3. The number of carbonyl (C=O) groups excluding carboxylic acids is 1. The van der Waals surface area contributed by atoms with E-state index < -0.39 is 11.9 Å². The Labute approximate surface area is 112 Å². The summed E-state index contributed by atoms with van der Waals surface area (Å²) in [4.78, 5) is 27.2. The Balaban J connectivity index is 1.92. The lowest BCUT2D eigenvalue weighted by Crippen LogP contribution is -2.22. The number of carboxylic acid groups (broad SMARTS) is 1. The third-order valence-electron chi connectivity index (χ3n) is 2.16. The summed E-state index contributed by atoms with van der Waals surface area (Å²) in [7, 11) is 0. The zero-order chi connectivity index (χ0) is 13.8. The molecule has 0 aliphatic carbocycles. The average molecular weight is 281 g/mol. The highest BCUT2D eigenvalue weighted by Gasteiger charge is 2.12. The lowest BCUT2D eigenvalue weighted by molar-refractivity contribution is -0.137. The molecule has 9 heteroatoms. The largest absolute Gasteiger partial charge is 0.480 e. The lowest BCUT2D eigenvalue weighted by atomic mass is 10.4. The molecule has 0 fully saturated rings. The van der Waals surface area contributed by atoms with Gasteiger partial charge in [-0.25, -0.2) is 9.67 Å². The highest BCUT2D eigenvalue weighted by molar-refractivity contribution is 7.11. The maximum atomic E-state index is 11.7. The molecule has 0 saturated carbocycles. The number of thiazole rings is 1. The van der Waals surface area contributed by atoms with Crippen LogP contribution in [-0.4, -0.2) is 37.0 Å². The van der Waals surface area contributed by atoms with Crippen LogP contribution in [0.3, 0.4) is 0 Å². The van der Waals surface area contributed by atoms with Crippen molar-refractivity contribution in [2.45, 2.75) is 20.0 Å². The van der Waals surface area contributed by atoms with E-state index in [1.165, 1.54) is 17.5 Å². The summed E-state index contributed by atoms with van der Waals surface area (Å²) in [6.45, 7) is 1.91. The number of carboxylic acids is 1. The maximum Gasteiger partial charge on any atom is 0.325 e. The van der Waals surface area contributed by atoms with Crippen molar-refractivity contribution in [3.8, 4) is 0 Å². The Kier molecular flexibility index (Phi) is 3.85. The van der Waals surface area contributed by atoms with Crippen LogP contribution in [-0.2, 0) is 17.9 Å². The molecule has 0 bridgehead atoms. The van der Waals surface area contributed by atoms with Crippen molar-refractivity contribution in [1.29, 1.82) is 0 Å². The van der Waals surface area contributed by atoms with Gasteiger partial charge in [0.25, 0.3) is 5.91 Å². The van der Waals surface area contributed by atoms with Crippen LogP contribution in [0.4, 0.5) is 0 Å². The van der Waals surface area contributed by atoms with Crippen LogP contribution >= 0.6 is 11.3 Å². The van der Waals surface area contributed by atoms with Gasteiger partial charge in [0.15, 0.2) is 5.69 Å². The van der Waals surface area contributed by atoms with E-state index >= 15 is 0 Å². The Morgan fingerprint density at radius 2 is 2.32 bits per heavy atom. The number of hydrogen-bond acceptors (Lipinski definition) is 6. The molecule has 0 aromatic carbocycles. The van der Waals surface area contributed by atoms with E-state index in [0.717, 1.165) is 14.6 Å². The van der Waals surface area contributed by atoms with Gasteiger partial charge >= 0.3 is 5.97 Å². The number of carbonyl (C=O) groups is 2. The van der Waals surface area contributed by atoms with Crippen molar-refractivity contribution in [2.75, 3.05) is 0 Å². The molecule has 0 atom stereocenters. The molecule has 0 unspecified atom stereocenters. The molecule has 100 valence electrons. The minimum atomic E-state index is -1.04. The van der Waals surface area contributed by atoms with Crippen molar-refractivity contribution in [3.63, 3.8) is 0 Å². The summed E-state index contributed by atoms with van der Waals surface area (Å²) < 4.78 is 1.09. The van der Waals surface area contributed by atoms with Crippen LogP contribution in [0.1, 0.15) is 20.4 Å². The molecule has 0 radical (unpaired) electrons. The third-order valence-corrected chi connectivity index (χ3v) is 3.07. The van der Waals surface area contributed by atoms with Gasteiger partial charge in [0, 0.05) is 11.1 Å². The molecule has 2 rings (SSSR count). The number of aliphatic carboxylic acids is 1. The van der Waals surface area contributed by atoms with Crippen molar-refractivity contribution in [3.05, 3.63) is 28.0 Å². The van der Waals surface area contributed by atoms with Gasteiger partial charge in [-0.1, -0.05) is 5.21 Å². The van der Waals surface area contributed by atoms with Gasteiger partial charge in [-0.05, 0) is 6.92 Å². The van der Waals surface area contributed by atoms with Crippen molar-refractivity contribution >= 4 is 23.2 Å². The van der Waals surface area contributed by atoms with Crippen LogP contribution in [0.25, 0.3) is 0 Å². The van der Waals surface area contributed by atoms with Crippen molar-refractivity contribution in [1.82, 2.24) is 25.3 Å². The smallest absolute Gasteiger partial charge is 0.325 e. The number of amides is 1. The normalized spacial score (nSPS) is 10.4. The molecule has 0 spiro atoms. The Morgan fingerprint density at radius 3 is 2.95 bits per heavy atom. The van der Waals surface area contributed by atoms with Crippen LogP contribution in [0.15, 0.2) is 12.4 Å². The van der Waals surface area contributed by atoms with Crippen LogP contribution in [0.2, 0.25) is 0 Å². The van der Waals surface area contributed by atoms with Gasteiger partial charge in [0.2, 0.25) is 0 Å². The zero-order valence-corrected chi connectivity index (χ0v) is 10.8. The van der Waals surface area contributed by atoms with Crippen LogP contribution in [0.5, 0.6) is 0 Å². The van der Waals surface area contributed by atoms with E-state index in [9.17, 15) is 9.59 Å². The molecule has 1 amide bonds. The highest BCUT2D eigenvalue weighted by atomic mass is 32.1. The maximum absolute atomic E-state index is 11.7. The molecule has 8 nitrogen and oxygen atoms in total. The second kappa shape index (κ2) is 5.57. The van der Waals surface area contributed by atoms with E-state index in [4.69, 9.17) is 5.11 Å². The van der Waals surface area contributed by atoms with Gasteiger partial charge in [-0.15, -0.1) is 16.4 Å². The summed E-state index contributed by atoms with van der Waals surface area (Å²) in [6, 6.07) is 0. The fraction of sp³-hybridized carbons (Fsp3) is 0.300. The standard InChI is InChI=1S/C10H11N5O3S/c1-6-11-2-7(19-6)3-12-10(18)8-4-15(14-13-8)5-9(16)17/h2,4H,3,5H2,1H3,(H,12,18)(H,16,17). The SMILES string of the molecule is Cc1ncc(CNC(=O)c2cn(CC(=O)O)nn2)s1. The Hall–Kier alpha value is -2.29. The Morgan fingerprint density at radius 1 is 1.53 bits per heavy atom. The predicted molar refractivity (Wildman–Crippen MR) is 65.7 cm³/mol. The first-order chi connectivity index (χ1) is 9.04. The minimum Gasteiger partial charge on any atom is -0.480 e. The number of aromatic nitrogens is 4. The molecule has 19 heavy (non-hydrogen) atoms.